The van der Waals surface area contributed by atoms with Gasteiger partial charge in [-0.1, -0.05) is 42.8 Å². The third-order valence-electron chi connectivity index (χ3n) is 3.97. The summed E-state index contributed by atoms with van der Waals surface area (Å²) in [6.07, 6.45) is 0. The van der Waals surface area contributed by atoms with Crippen LogP contribution >= 0.6 is 22.9 Å². The van der Waals surface area contributed by atoms with Crippen molar-refractivity contribution in [3.8, 4) is 11.3 Å². The van der Waals surface area contributed by atoms with Gasteiger partial charge in [0, 0.05) is 28.1 Å². The van der Waals surface area contributed by atoms with Gasteiger partial charge in [-0.15, -0.1) is 11.3 Å². The van der Waals surface area contributed by atoms with Crippen LogP contribution in [0.4, 0.5) is 5.13 Å². The fraction of sp³-hybridized carbons (Fsp3) is 0.158. The van der Waals surface area contributed by atoms with Gasteiger partial charge in [0.25, 0.3) is 5.91 Å². The molecule has 0 aliphatic rings. The van der Waals surface area contributed by atoms with Crippen molar-refractivity contribution in [3.63, 3.8) is 0 Å². The van der Waals surface area contributed by atoms with Crippen LogP contribution in [0.5, 0.6) is 0 Å². The number of nitrogens with one attached hydrogen (secondary N) is 2. The molecule has 0 saturated carbocycles. The fourth-order valence-electron chi connectivity index (χ4n) is 2.57. The summed E-state index contributed by atoms with van der Waals surface area (Å²) in [5, 5.41) is 5.50. The van der Waals surface area contributed by atoms with Gasteiger partial charge in [-0.2, -0.15) is 0 Å². The molecule has 0 unspecified atom stereocenters. The first-order chi connectivity index (χ1) is 13.3. The smallest absolute Gasteiger partial charge is 0.257 e. The lowest BCUT2D eigenvalue weighted by Crippen LogP contribution is -2.24. The van der Waals surface area contributed by atoms with E-state index in [-0.39, 0.29) is 17.0 Å². The number of sulfonamides is 1. The minimum atomic E-state index is -3.65. The van der Waals surface area contributed by atoms with Crippen molar-refractivity contribution in [2.75, 3.05) is 11.9 Å². The highest BCUT2D eigenvalue weighted by molar-refractivity contribution is 7.89. The molecule has 0 bridgehead atoms. The molecule has 9 heteroatoms. The number of hydrogen-bond acceptors (Lipinski definition) is 5. The van der Waals surface area contributed by atoms with Crippen LogP contribution in [0.2, 0.25) is 5.02 Å². The number of amides is 1. The maximum Gasteiger partial charge on any atom is 0.257 e. The number of halogens is 1. The maximum atomic E-state index is 12.7. The summed E-state index contributed by atoms with van der Waals surface area (Å²) >= 11 is 7.46. The van der Waals surface area contributed by atoms with Gasteiger partial charge >= 0.3 is 0 Å². The van der Waals surface area contributed by atoms with Gasteiger partial charge in [-0.25, -0.2) is 18.1 Å². The van der Waals surface area contributed by atoms with E-state index < -0.39 is 15.9 Å². The highest BCUT2D eigenvalue weighted by Gasteiger charge is 2.18. The Morgan fingerprint density at radius 1 is 1.21 bits per heavy atom. The van der Waals surface area contributed by atoms with Gasteiger partial charge in [0.05, 0.1) is 10.6 Å². The molecule has 1 heterocycles. The Morgan fingerprint density at radius 2 is 1.96 bits per heavy atom. The van der Waals surface area contributed by atoms with E-state index in [4.69, 9.17) is 11.6 Å². The number of nitrogens with zero attached hydrogens (tertiary/aromatic N) is 1. The average Bonchev–Trinajstić information content (AvgIpc) is 3.10. The van der Waals surface area contributed by atoms with Crippen LogP contribution < -0.4 is 10.0 Å². The molecule has 2 N–H and O–H groups in total. The van der Waals surface area contributed by atoms with Crippen LogP contribution in [0.1, 0.15) is 22.8 Å². The number of anilines is 1. The number of carbonyl (C=O) groups excluding carboxylic acids is 1. The molecule has 3 rings (SSSR count). The number of rotatable bonds is 6. The Bertz CT molecular complexity index is 1130. The standard InChI is InChI=1S/C19H18ClN3O3S2/c1-3-21-28(25,26)13-9-8-12(2)15(10-13)18(24)23-19-22-17(11-27-19)14-6-4-5-7-16(14)20/h4-11,21H,3H2,1-2H3,(H,22,23,24). The molecular formula is C19H18ClN3O3S2. The lowest BCUT2D eigenvalue weighted by molar-refractivity contribution is 0.102. The Labute approximate surface area is 172 Å². The molecule has 0 radical (unpaired) electrons. The third kappa shape index (κ3) is 4.41. The average molecular weight is 436 g/mol. The summed E-state index contributed by atoms with van der Waals surface area (Å²) in [5.41, 5.74) is 2.37. The quantitative estimate of drug-likeness (QED) is 0.603. The molecule has 0 aliphatic carbocycles. The zero-order valence-corrected chi connectivity index (χ0v) is 17.6. The first kappa shape index (κ1) is 20.5. The third-order valence-corrected chi connectivity index (χ3v) is 6.60. The van der Waals surface area contributed by atoms with E-state index in [1.807, 2.05) is 18.2 Å². The summed E-state index contributed by atoms with van der Waals surface area (Å²) in [6, 6.07) is 11.8. The first-order valence-corrected chi connectivity index (χ1v) is 11.2. The van der Waals surface area contributed by atoms with E-state index in [2.05, 4.69) is 15.0 Å². The molecule has 146 valence electrons. The number of benzene rings is 2. The summed E-state index contributed by atoms with van der Waals surface area (Å²) in [5.74, 6) is -0.425. The molecular weight excluding hydrogens is 418 g/mol. The Kier molecular flexibility index (Phi) is 6.14. The molecule has 1 amide bonds. The van der Waals surface area contributed by atoms with Crippen molar-refractivity contribution in [3.05, 3.63) is 64.0 Å². The highest BCUT2D eigenvalue weighted by atomic mass is 35.5. The van der Waals surface area contributed by atoms with E-state index in [1.54, 1.807) is 31.4 Å². The monoisotopic (exact) mass is 435 g/mol. The summed E-state index contributed by atoms with van der Waals surface area (Å²) < 4.78 is 26.8. The van der Waals surface area contributed by atoms with Crippen LogP contribution in [0.15, 0.2) is 52.7 Å². The summed E-state index contributed by atoms with van der Waals surface area (Å²) in [4.78, 5) is 17.2. The van der Waals surface area contributed by atoms with Crippen molar-refractivity contribution in [2.24, 2.45) is 0 Å². The molecule has 3 aromatic rings. The molecule has 0 atom stereocenters. The predicted octanol–water partition coefficient (Wildman–Crippen LogP) is 4.32. The second-order valence-corrected chi connectivity index (χ2v) is 8.98. The van der Waals surface area contributed by atoms with Gasteiger partial charge in [0.1, 0.15) is 0 Å². The van der Waals surface area contributed by atoms with E-state index in [1.165, 1.54) is 23.5 Å². The largest absolute Gasteiger partial charge is 0.298 e. The van der Waals surface area contributed by atoms with Crippen molar-refractivity contribution >= 4 is 44.0 Å². The second-order valence-electron chi connectivity index (χ2n) is 5.95. The lowest BCUT2D eigenvalue weighted by Gasteiger charge is -2.09. The Morgan fingerprint density at radius 3 is 2.68 bits per heavy atom. The Balaban J connectivity index is 1.85. The van der Waals surface area contributed by atoms with Crippen LogP contribution in [0.25, 0.3) is 11.3 Å². The molecule has 0 fully saturated rings. The number of aromatic nitrogens is 1. The summed E-state index contributed by atoms with van der Waals surface area (Å²) in [6.45, 7) is 3.70. The van der Waals surface area contributed by atoms with Gasteiger partial charge < -0.3 is 0 Å². The normalized spacial score (nSPS) is 11.4. The molecule has 2 aromatic carbocycles. The molecule has 0 aliphatic heterocycles. The zero-order valence-electron chi connectivity index (χ0n) is 15.2. The second kappa shape index (κ2) is 8.40. The summed E-state index contributed by atoms with van der Waals surface area (Å²) in [7, 11) is -3.65. The molecule has 0 spiro atoms. The van der Waals surface area contributed by atoms with Gasteiger partial charge in [-0.3, -0.25) is 10.1 Å². The SMILES string of the molecule is CCNS(=O)(=O)c1ccc(C)c(C(=O)Nc2nc(-c3ccccc3Cl)cs2)c1. The topological polar surface area (TPSA) is 88.2 Å². The van der Waals surface area contributed by atoms with E-state index in [9.17, 15) is 13.2 Å². The first-order valence-electron chi connectivity index (χ1n) is 8.44. The predicted molar refractivity (Wildman–Crippen MR) is 113 cm³/mol. The van der Waals surface area contributed by atoms with Crippen molar-refractivity contribution in [1.29, 1.82) is 0 Å². The van der Waals surface area contributed by atoms with Crippen molar-refractivity contribution in [1.82, 2.24) is 9.71 Å². The van der Waals surface area contributed by atoms with E-state index >= 15 is 0 Å². The van der Waals surface area contributed by atoms with Gasteiger partial charge in [0.15, 0.2) is 5.13 Å². The van der Waals surface area contributed by atoms with Crippen molar-refractivity contribution in [2.45, 2.75) is 18.7 Å². The van der Waals surface area contributed by atoms with Crippen LogP contribution in [0.3, 0.4) is 0 Å². The van der Waals surface area contributed by atoms with Crippen LogP contribution in [0, 0.1) is 6.92 Å². The van der Waals surface area contributed by atoms with Gasteiger partial charge in [0.2, 0.25) is 10.0 Å². The number of thiazole rings is 1. The van der Waals surface area contributed by atoms with Crippen LogP contribution in [-0.4, -0.2) is 25.9 Å². The molecule has 1 aromatic heterocycles. The number of carbonyl (C=O) groups is 1. The zero-order chi connectivity index (χ0) is 20.3. The number of aryl methyl sites for hydroxylation is 1. The van der Waals surface area contributed by atoms with E-state index in [0.717, 1.165) is 5.56 Å². The van der Waals surface area contributed by atoms with E-state index in [0.29, 0.717) is 21.4 Å². The molecule has 0 saturated heterocycles. The molecule has 28 heavy (non-hydrogen) atoms. The minimum Gasteiger partial charge on any atom is -0.298 e. The minimum absolute atomic E-state index is 0.0426. The van der Waals surface area contributed by atoms with Gasteiger partial charge in [-0.05, 0) is 30.7 Å². The lowest BCUT2D eigenvalue weighted by atomic mass is 10.1. The fourth-order valence-corrected chi connectivity index (χ4v) is 4.58. The van der Waals surface area contributed by atoms with Crippen molar-refractivity contribution < 1.29 is 13.2 Å². The maximum absolute atomic E-state index is 12.7. The Hall–Kier alpha value is -2.26. The number of hydrogen-bond donors (Lipinski definition) is 2. The molecule has 6 nitrogen and oxygen atoms in total. The highest BCUT2D eigenvalue weighted by Crippen LogP contribution is 2.30. The van der Waals surface area contributed by atoms with Crippen LogP contribution in [-0.2, 0) is 10.0 Å².